The number of ether oxygens (including phenoxy) is 1. The van der Waals surface area contributed by atoms with Gasteiger partial charge in [0.15, 0.2) is 11.4 Å². The van der Waals surface area contributed by atoms with E-state index in [1.165, 1.54) is 5.57 Å². The Morgan fingerprint density at radius 3 is 2.52 bits per heavy atom. The van der Waals surface area contributed by atoms with Crippen molar-refractivity contribution in [2.45, 2.75) is 84.2 Å². The van der Waals surface area contributed by atoms with Gasteiger partial charge in [-0.15, -0.1) is 0 Å². The van der Waals surface area contributed by atoms with E-state index in [4.69, 9.17) is 4.74 Å². The highest BCUT2D eigenvalue weighted by molar-refractivity contribution is 5.92. The summed E-state index contributed by atoms with van der Waals surface area (Å²) in [6.07, 6.45) is 8.84. The molecule has 0 aliphatic heterocycles. The summed E-state index contributed by atoms with van der Waals surface area (Å²) >= 11 is 0. The van der Waals surface area contributed by atoms with Gasteiger partial charge in [0.25, 0.3) is 0 Å². The topological polar surface area (TPSA) is 80.7 Å². The molecule has 4 rings (SSSR count). The first-order valence-corrected chi connectivity index (χ1v) is 11.3. The lowest BCUT2D eigenvalue weighted by atomic mass is 9.46. The lowest BCUT2D eigenvalue weighted by Crippen LogP contribution is -2.59. The van der Waals surface area contributed by atoms with Gasteiger partial charge in [-0.25, -0.2) is 0 Å². The van der Waals surface area contributed by atoms with Crippen molar-refractivity contribution < 1.29 is 24.2 Å². The molecule has 3 saturated carbocycles. The van der Waals surface area contributed by atoms with Gasteiger partial charge in [-0.05, 0) is 74.2 Å². The highest BCUT2D eigenvalue weighted by atomic mass is 16.6. The Hall–Kier alpha value is -1.49. The molecular formula is C24H34O5. The van der Waals surface area contributed by atoms with Crippen molar-refractivity contribution in [2.24, 2.45) is 28.6 Å². The number of ketones is 2. The normalized spacial score (nSPS) is 43.7. The van der Waals surface area contributed by atoms with Crippen LogP contribution in [0.25, 0.3) is 0 Å². The second-order valence-electron chi connectivity index (χ2n) is 10.2. The van der Waals surface area contributed by atoms with Crippen molar-refractivity contribution in [2.75, 3.05) is 6.61 Å². The molecule has 0 aromatic carbocycles. The Bertz CT molecular complexity index is 769. The van der Waals surface area contributed by atoms with Crippen LogP contribution in [0.4, 0.5) is 0 Å². The molecule has 0 aromatic rings. The number of Topliss-reactive ketones (excluding diaryl/α,β-unsaturated/α-hetero) is 1. The summed E-state index contributed by atoms with van der Waals surface area (Å²) in [7, 11) is 0. The smallest absolute Gasteiger partial charge is 0.306 e. The Morgan fingerprint density at radius 2 is 1.83 bits per heavy atom. The van der Waals surface area contributed by atoms with E-state index in [9.17, 15) is 19.5 Å². The molecule has 0 spiro atoms. The number of carbonyl (C=O) groups excluding carboxylic acids is 3. The van der Waals surface area contributed by atoms with E-state index in [-0.39, 0.29) is 29.4 Å². The monoisotopic (exact) mass is 402 g/mol. The fourth-order valence-electron chi connectivity index (χ4n) is 7.63. The first kappa shape index (κ1) is 20.8. The number of carbonyl (C=O) groups is 3. The third-order valence-electron chi connectivity index (χ3n) is 9.25. The number of hydrogen-bond donors (Lipinski definition) is 1. The molecule has 4 aliphatic rings. The van der Waals surface area contributed by atoms with Crippen molar-refractivity contribution in [1.29, 1.82) is 0 Å². The fraction of sp³-hybridized carbons (Fsp3) is 0.792. The fourth-order valence-corrected chi connectivity index (χ4v) is 7.63. The average Bonchev–Trinajstić information content (AvgIpc) is 3.01. The van der Waals surface area contributed by atoms with Gasteiger partial charge < -0.3 is 9.84 Å². The summed E-state index contributed by atoms with van der Waals surface area (Å²) in [5.41, 5.74) is -0.221. The van der Waals surface area contributed by atoms with E-state index in [0.29, 0.717) is 30.6 Å². The van der Waals surface area contributed by atoms with Crippen LogP contribution in [0.1, 0.15) is 78.6 Å². The van der Waals surface area contributed by atoms with E-state index in [0.717, 1.165) is 38.5 Å². The molecule has 0 unspecified atom stereocenters. The first-order chi connectivity index (χ1) is 13.7. The minimum Gasteiger partial charge on any atom is -0.450 e. The number of fused-ring (bicyclic) bond motifs is 5. The SMILES string of the molecule is CCC(=O)O[C@]1(C(=O)CO)CC[C@H]2[C@@H]3CCC4=CC(=O)CC[C@]4(C)[C@@H]3CC[C@@]21C. The summed E-state index contributed by atoms with van der Waals surface area (Å²) in [5.74, 6) is 0.846. The van der Waals surface area contributed by atoms with Gasteiger partial charge >= 0.3 is 5.97 Å². The van der Waals surface area contributed by atoms with Crippen molar-refractivity contribution in [3.63, 3.8) is 0 Å². The number of allylic oxidation sites excluding steroid dienone is 1. The largest absolute Gasteiger partial charge is 0.450 e. The van der Waals surface area contributed by atoms with E-state index in [2.05, 4.69) is 13.8 Å². The third kappa shape index (κ3) is 2.79. The van der Waals surface area contributed by atoms with Gasteiger partial charge in [0.2, 0.25) is 5.78 Å². The first-order valence-electron chi connectivity index (χ1n) is 11.3. The zero-order valence-corrected chi connectivity index (χ0v) is 18.0. The van der Waals surface area contributed by atoms with E-state index in [1.807, 2.05) is 6.08 Å². The predicted octanol–water partition coefficient (Wildman–Crippen LogP) is 3.77. The van der Waals surface area contributed by atoms with Crippen LogP contribution in [0.15, 0.2) is 11.6 Å². The summed E-state index contributed by atoms with van der Waals surface area (Å²) in [4.78, 5) is 37.2. The van der Waals surface area contributed by atoms with Crippen LogP contribution in [0.2, 0.25) is 0 Å². The molecule has 0 aromatic heterocycles. The number of rotatable bonds is 4. The van der Waals surface area contributed by atoms with Gasteiger partial charge in [-0.2, -0.15) is 0 Å². The van der Waals surface area contributed by atoms with Crippen LogP contribution < -0.4 is 0 Å². The van der Waals surface area contributed by atoms with Gasteiger partial charge in [-0.3, -0.25) is 14.4 Å². The maximum atomic E-state index is 13.0. The molecule has 5 nitrogen and oxygen atoms in total. The second-order valence-corrected chi connectivity index (χ2v) is 10.2. The minimum atomic E-state index is -1.19. The van der Waals surface area contributed by atoms with Crippen LogP contribution in [-0.4, -0.2) is 34.9 Å². The summed E-state index contributed by atoms with van der Waals surface area (Å²) in [6.45, 7) is 5.61. The molecule has 5 heteroatoms. The number of esters is 1. The van der Waals surface area contributed by atoms with E-state index < -0.39 is 17.6 Å². The Morgan fingerprint density at radius 1 is 1.10 bits per heavy atom. The number of aliphatic hydroxyl groups is 1. The molecule has 1 N–H and O–H groups in total. The molecule has 29 heavy (non-hydrogen) atoms. The maximum absolute atomic E-state index is 13.0. The number of aliphatic hydroxyl groups excluding tert-OH is 1. The molecule has 3 fully saturated rings. The molecule has 6 atom stereocenters. The van der Waals surface area contributed by atoms with Crippen molar-refractivity contribution >= 4 is 17.5 Å². The van der Waals surface area contributed by atoms with Crippen LogP contribution in [-0.2, 0) is 19.1 Å². The zero-order chi connectivity index (χ0) is 21.0. The summed E-state index contributed by atoms with van der Waals surface area (Å²) in [6, 6.07) is 0. The second kappa shape index (κ2) is 7.04. The average molecular weight is 403 g/mol. The van der Waals surface area contributed by atoms with Crippen molar-refractivity contribution in [3.8, 4) is 0 Å². The Labute approximate surface area is 173 Å². The molecular weight excluding hydrogens is 368 g/mol. The molecule has 4 aliphatic carbocycles. The molecule has 0 amide bonds. The molecule has 0 saturated heterocycles. The van der Waals surface area contributed by atoms with E-state index in [1.54, 1.807) is 6.92 Å². The van der Waals surface area contributed by atoms with Crippen LogP contribution in [0.5, 0.6) is 0 Å². The summed E-state index contributed by atoms with van der Waals surface area (Å²) in [5, 5.41) is 9.72. The van der Waals surface area contributed by atoms with Crippen LogP contribution >= 0.6 is 0 Å². The summed E-state index contributed by atoms with van der Waals surface area (Å²) < 4.78 is 5.89. The van der Waals surface area contributed by atoms with Gasteiger partial charge in [0.1, 0.15) is 6.61 Å². The molecule has 0 heterocycles. The molecule has 0 bridgehead atoms. The lowest BCUT2D eigenvalue weighted by molar-refractivity contribution is -0.191. The highest BCUT2D eigenvalue weighted by Gasteiger charge is 2.68. The Kier molecular flexibility index (Phi) is 5.04. The lowest BCUT2D eigenvalue weighted by Gasteiger charge is -2.59. The highest BCUT2D eigenvalue weighted by Crippen LogP contribution is 2.68. The number of hydrogen-bond acceptors (Lipinski definition) is 5. The van der Waals surface area contributed by atoms with Crippen molar-refractivity contribution in [1.82, 2.24) is 0 Å². The standard InChI is InChI=1S/C24H34O5/c1-4-21(28)29-24(20(27)14-25)12-9-19-17-6-5-15-13-16(26)7-10-22(15,2)18(17)8-11-23(19,24)3/h13,17-19,25H,4-12,14H2,1-3H3/t17-,18-,19+,22+,23+,24+/m1/s1. The van der Waals surface area contributed by atoms with Gasteiger partial charge in [0, 0.05) is 18.3 Å². The van der Waals surface area contributed by atoms with Crippen LogP contribution in [0.3, 0.4) is 0 Å². The Balaban J connectivity index is 1.69. The zero-order valence-electron chi connectivity index (χ0n) is 18.0. The third-order valence-corrected chi connectivity index (χ3v) is 9.25. The quantitative estimate of drug-likeness (QED) is 0.724. The predicted molar refractivity (Wildman–Crippen MR) is 108 cm³/mol. The van der Waals surface area contributed by atoms with Crippen LogP contribution in [0, 0.1) is 28.6 Å². The van der Waals surface area contributed by atoms with Crippen molar-refractivity contribution in [3.05, 3.63) is 11.6 Å². The molecule has 160 valence electrons. The minimum absolute atomic E-state index is 0.0739. The maximum Gasteiger partial charge on any atom is 0.306 e. The van der Waals surface area contributed by atoms with E-state index >= 15 is 0 Å². The van der Waals surface area contributed by atoms with Gasteiger partial charge in [-0.1, -0.05) is 26.3 Å². The molecule has 0 radical (unpaired) electrons. The van der Waals surface area contributed by atoms with Gasteiger partial charge in [0.05, 0.1) is 0 Å².